The van der Waals surface area contributed by atoms with Gasteiger partial charge < -0.3 is 9.15 Å². The number of hydrogen-bond acceptors (Lipinski definition) is 3. The normalized spacial score (nSPS) is 10.9. The summed E-state index contributed by atoms with van der Waals surface area (Å²) in [6.07, 6.45) is 0. The van der Waals surface area contributed by atoms with Gasteiger partial charge in [-0.2, -0.15) is 0 Å². The topological polar surface area (TPSA) is 39.4 Å². The van der Waals surface area contributed by atoms with Crippen LogP contribution in [0.25, 0.3) is 22.3 Å². The summed E-state index contributed by atoms with van der Waals surface area (Å²) in [5.41, 5.74) is 2.83. The maximum atomic E-state index is 11.9. The number of halogens is 2. The number of esters is 1. The molecule has 1 aromatic heterocycles. The van der Waals surface area contributed by atoms with E-state index in [0.717, 1.165) is 16.3 Å². The molecule has 0 bridgehead atoms. The van der Waals surface area contributed by atoms with E-state index in [2.05, 4.69) is 15.9 Å². The summed E-state index contributed by atoms with van der Waals surface area (Å²) in [4.78, 5) is 11.9. The van der Waals surface area contributed by atoms with Crippen molar-refractivity contribution < 1.29 is 13.9 Å². The van der Waals surface area contributed by atoms with Gasteiger partial charge in [-0.1, -0.05) is 51.8 Å². The number of carbonyl (C=O) groups is 1. The van der Waals surface area contributed by atoms with Crippen molar-refractivity contribution in [3.8, 4) is 11.3 Å². The lowest BCUT2D eigenvalue weighted by Crippen LogP contribution is -2.02. The van der Waals surface area contributed by atoms with E-state index in [-0.39, 0.29) is 0 Å². The van der Waals surface area contributed by atoms with Crippen LogP contribution in [-0.2, 0) is 10.1 Å². The minimum Gasteiger partial charge on any atom is -0.465 e. The summed E-state index contributed by atoms with van der Waals surface area (Å²) < 4.78 is 10.7. The number of hydrogen-bond donors (Lipinski definition) is 0. The fourth-order valence-corrected chi connectivity index (χ4v) is 2.98. The molecule has 0 radical (unpaired) electrons. The molecule has 112 valence electrons. The van der Waals surface area contributed by atoms with Crippen molar-refractivity contribution >= 4 is 44.5 Å². The minimum atomic E-state index is -0.423. The van der Waals surface area contributed by atoms with Crippen LogP contribution in [0.1, 0.15) is 15.9 Å². The zero-order valence-corrected chi connectivity index (χ0v) is 14.1. The number of benzene rings is 2. The Balaban J connectivity index is 2.23. The van der Waals surface area contributed by atoms with E-state index < -0.39 is 5.97 Å². The third-order valence-electron chi connectivity index (χ3n) is 3.42. The Bertz CT molecular complexity index is 854. The number of carbonyl (C=O) groups excluding carboxylic acids is 1. The van der Waals surface area contributed by atoms with Crippen molar-refractivity contribution in [1.29, 1.82) is 0 Å². The van der Waals surface area contributed by atoms with Crippen LogP contribution in [0.2, 0.25) is 5.02 Å². The van der Waals surface area contributed by atoms with Gasteiger partial charge in [-0.3, -0.25) is 0 Å². The lowest BCUT2D eigenvalue weighted by atomic mass is 10.0. The quantitative estimate of drug-likeness (QED) is 0.449. The van der Waals surface area contributed by atoms with Crippen LogP contribution in [0, 0.1) is 0 Å². The number of ether oxygens (including phenoxy) is 1. The van der Waals surface area contributed by atoms with Gasteiger partial charge in [-0.25, -0.2) is 4.79 Å². The average Bonchev–Trinajstić information content (AvgIpc) is 2.90. The Morgan fingerprint density at radius 3 is 2.77 bits per heavy atom. The monoisotopic (exact) mass is 378 g/mol. The molecule has 3 aromatic rings. The fraction of sp³-hybridized carbons (Fsp3) is 0.118. The van der Waals surface area contributed by atoms with Crippen molar-refractivity contribution in [2.24, 2.45) is 0 Å². The molecule has 0 spiro atoms. The molecule has 1 heterocycles. The van der Waals surface area contributed by atoms with Gasteiger partial charge in [0, 0.05) is 16.3 Å². The van der Waals surface area contributed by atoms with Gasteiger partial charge in [0.1, 0.15) is 5.58 Å². The Labute approximate surface area is 141 Å². The zero-order valence-electron chi connectivity index (χ0n) is 11.7. The maximum absolute atomic E-state index is 11.9. The number of methoxy groups -OCH3 is 1. The van der Waals surface area contributed by atoms with Crippen LogP contribution in [0.15, 0.2) is 46.9 Å². The second kappa shape index (κ2) is 6.15. The molecular weight excluding hydrogens is 368 g/mol. The average molecular weight is 380 g/mol. The Morgan fingerprint density at radius 1 is 1.27 bits per heavy atom. The summed E-state index contributed by atoms with van der Waals surface area (Å²) in [6.45, 7) is 0. The highest BCUT2D eigenvalue weighted by atomic mass is 79.9. The molecule has 0 saturated heterocycles. The van der Waals surface area contributed by atoms with Gasteiger partial charge in [-0.15, -0.1) is 0 Å². The van der Waals surface area contributed by atoms with Crippen LogP contribution in [0.3, 0.4) is 0 Å². The molecule has 0 saturated carbocycles. The van der Waals surface area contributed by atoms with Crippen LogP contribution < -0.4 is 0 Å². The largest absolute Gasteiger partial charge is 0.465 e. The van der Waals surface area contributed by atoms with Crippen LogP contribution >= 0.6 is 27.5 Å². The molecule has 0 amide bonds. The summed E-state index contributed by atoms with van der Waals surface area (Å²) >= 11 is 9.90. The lowest BCUT2D eigenvalue weighted by Gasteiger charge is -2.05. The molecule has 2 aromatic carbocycles. The Morgan fingerprint density at radius 2 is 2.05 bits per heavy atom. The highest BCUT2D eigenvalue weighted by molar-refractivity contribution is 9.08. The Hall–Kier alpha value is -1.78. The fourth-order valence-electron chi connectivity index (χ4n) is 2.34. The molecule has 0 N–H and O–H groups in total. The third-order valence-corrected chi connectivity index (χ3v) is 4.45. The highest BCUT2D eigenvalue weighted by Gasteiger charge is 2.20. The van der Waals surface area contributed by atoms with E-state index in [4.69, 9.17) is 20.8 Å². The first-order chi connectivity index (χ1) is 10.7. The maximum Gasteiger partial charge on any atom is 0.338 e. The zero-order chi connectivity index (χ0) is 15.7. The van der Waals surface area contributed by atoms with Crippen LogP contribution in [0.4, 0.5) is 0 Å². The molecule has 22 heavy (non-hydrogen) atoms. The van der Waals surface area contributed by atoms with E-state index in [1.165, 1.54) is 7.11 Å². The number of rotatable bonds is 3. The van der Waals surface area contributed by atoms with Gasteiger partial charge in [0.25, 0.3) is 0 Å². The molecule has 0 fully saturated rings. The number of alkyl halides is 1. The van der Waals surface area contributed by atoms with E-state index >= 15 is 0 Å². The third kappa shape index (κ3) is 2.53. The van der Waals surface area contributed by atoms with Gasteiger partial charge in [0.05, 0.1) is 17.7 Å². The van der Waals surface area contributed by atoms with Crippen molar-refractivity contribution in [3.63, 3.8) is 0 Å². The molecule has 3 rings (SSSR count). The molecular formula is C17H12BrClO3. The van der Waals surface area contributed by atoms with Crippen molar-refractivity contribution in [2.75, 3.05) is 7.11 Å². The predicted molar refractivity (Wildman–Crippen MR) is 90.6 cm³/mol. The van der Waals surface area contributed by atoms with E-state index in [9.17, 15) is 4.79 Å². The highest BCUT2D eigenvalue weighted by Crippen LogP contribution is 2.39. The molecule has 0 unspecified atom stereocenters. The number of fused-ring (bicyclic) bond motifs is 1. The molecule has 0 aliphatic carbocycles. The van der Waals surface area contributed by atoms with Crippen LogP contribution in [0.5, 0.6) is 0 Å². The van der Waals surface area contributed by atoms with Crippen molar-refractivity contribution in [1.82, 2.24) is 0 Å². The Kier molecular flexibility index (Phi) is 4.23. The van der Waals surface area contributed by atoms with E-state index in [0.29, 0.717) is 27.5 Å². The molecule has 0 atom stereocenters. The first kappa shape index (κ1) is 15.1. The smallest absolute Gasteiger partial charge is 0.338 e. The SMILES string of the molecule is COC(=O)c1ccccc1-c1oc2ccc(CBr)cc2c1Cl. The molecule has 0 aliphatic rings. The summed E-state index contributed by atoms with van der Waals surface area (Å²) in [6, 6.07) is 12.9. The predicted octanol–water partition coefficient (Wildman–Crippen LogP) is 5.43. The van der Waals surface area contributed by atoms with Gasteiger partial charge in [-0.05, 0) is 23.8 Å². The van der Waals surface area contributed by atoms with Crippen molar-refractivity contribution in [2.45, 2.75) is 5.33 Å². The van der Waals surface area contributed by atoms with E-state index in [1.807, 2.05) is 24.3 Å². The minimum absolute atomic E-state index is 0.423. The van der Waals surface area contributed by atoms with Gasteiger partial charge >= 0.3 is 5.97 Å². The summed E-state index contributed by atoms with van der Waals surface area (Å²) in [7, 11) is 1.35. The standard InChI is InChI=1S/C17H12BrClO3/c1-21-17(20)12-5-3-2-4-11(12)16-15(19)13-8-10(9-18)6-7-14(13)22-16/h2-8H,9H2,1H3. The second-order valence-corrected chi connectivity index (χ2v) is 5.69. The van der Waals surface area contributed by atoms with Gasteiger partial charge in [0.15, 0.2) is 5.76 Å². The number of furan rings is 1. The van der Waals surface area contributed by atoms with Crippen molar-refractivity contribution in [3.05, 3.63) is 58.6 Å². The lowest BCUT2D eigenvalue weighted by molar-refractivity contribution is 0.0601. The molecule has 5 heteroatoms. The van der Waals surface area contributed by atoms with E-state index in [1.54, 1.807) is 18.2 Å². The molecule has 0 aliphatic heterocycles. The molecule has 3 nitrogen and oxygen atoms in total. The first-order valence-corrected chi connectivity index (χ1v) is 8.10. The summed E-state index contributed by atoms with van der Waals surface area (Å²) in [5, 5.41) is 2.06. The van der Waals surface area contributed by atoms with Gasteiger partial charge in [0.2, 0.25) is 0 Å². The summed E-state index contributed by atoms with van der Waals surface area (Å²) in [5.74, 6) is 0.0534. The first-order valence-electron chi connectivity index (χ1n) is 6.60. The second-order valence-electron chi connectivity index (χ2n) is 4.75. The van der Waals surface area contributed by atoms with Crippen LogP contribution in [-0.4, -0.2) is 13.1 Å².